The van der Waals surface area contributed by atoms with Crippen LogP contribution in [0.1, 0.15) is 38.3 Å². The lowest BCUT2D eigenvalue weighted by molar-refractivity contribution is -0.118. The van der Waals surface area contributed by atoms with Crippen LogP contribution in [0.5, 0.6) is 0 Å². The van der Waals surface area contributed by atoms with E-state index in [9.17, 15) is 4.79 Å². The molecule has 1 aromatic rings. The summed E-state index contributed by atoms with van der Waals surface area (Å²) >= 11 is 0. The zero-order valence-corrected chi connectivity index (χ0v) is 10.7. The van der Waals surface area contributed by atoms with E-state index in [0.717, 1.165) is 12.1 Å². The number of para-hydroxylation sites is 1. The summed E-state index contributed by atoms with van der Waals surface area (Å²) in [5.74, 6) is 0.208. The summed E-state index contributed by atoms with van der Waals surface area (Å²) in [6.07, 6.45) is 1.53. The van der Waals surface area contributed by atoms with Gasteiger partial charge in [-0.3, -0.25) is 4.79 Å². The average molecular weight is 232 g/mol. The summed E-state index contributed by atoms with van der Waals surface area (Å²) in [5, 5.41) is 3.33. The molecule has 0 fully saturated rings. The first-order valence-electron chi connectivity index (χ1n) is 6.27. The Morgan fingerprint density at radius 2 is 2.18 bits per heavy atom. The highest BCUT2D eigenvalue weighted by Gasteiger charge is 2.31. The molecule has 2 rings (SSSR count). The Labute approximate surface area is 103 Å². The number of carbonyl (C=O) groups excluding carboxylic acids is 1. The Balaban J connectivity index is 2.46. The molecule has 0 spiro atoms. The van der Waals surface area contributed by atoms with Crippen LogP contribution in [0.3, 0.4) is 0 Å². The van der Waals surface area contributed by atoms with E-state index in [4.69, 9.17) is 0 Å². The third-order valence-electron chi connectivity index (χ3n) is 3.51. The molecule has 0 saturated heterocycles. The molecule has 92 valence electrons. The fourth-order valence-corrected chi connectivity index (χ4v) is 2.64. The van der Waals surface area contributed by atoms with E-state index in [1.807, 2.05) is 37.1 Å². The molecule has 3 heteroatoms. The second-order valence-corrected chi connectivity index (χ2v) is 4.60. The summed E-state index contributed by atoms with van der Waals surface area (Å²) in [5.41, 5.74) is 2.30. The van der Waals surface area contributed by atoms with E-state index >= 15 is 0 Å². The summed E-state index contributed by atoms with van der Waals surface area (Å²) in [7, 11) is 1.98. The lowest BCUT2D eigenvalue weighted by Crippen LogP contribution is -2.44. The van der Waals surface area contributed by atoms with E-state index in [-0.39, 0.29) is 11.9 Å². The smallest absolute Gasteiger partial charge is 0.226 e. The van der Waals surface area contributed by atoms with Crippen LogP contribution in [-0.2, 0) is 4.79 Å². The maximum Gasteiger partial charge on any atom is 0.226 e. The van der Waals surface area contributed by atoms with Crippen molar-refractivity contribution in [3.05, 3.63) is 29.8 Å². The van der Waals surface area contributed by atoms with E-state index in [1.54, 1.807) is 0 Å². The van der Waals surface area contributed by atoms with Gasteiger partial charge in [0.2, 0.25) is 5.91 Å². The second kappa shape index (κ2) is 4.88. The highest BCUT2D eigenvalue weighted by Crippen LogP contribution is 2.36. The van der Waals surface area contributed by atoms with Crippen LogP contribution in [0, 0.1) is 0 Å². The molecule has 0 radical (unpaired) electrons. The maximum atomic E-state index is 12.0. The van der Waals surface area contributed by atoms with Crippen LogP contribution in [0.15, 0.2) is 24.3 Å². The zero-order chi connectivity index (χ0) is 12.4. The molecule has 1 amide bonds. The SMILES string of the molecule is CCC(=O)N1c2ccccc2C(NC)CC1C. The number of benzene rings is 1. The van der Waals surface area contributed by atoms with Gasteiger partial charge in [0.25, 0.3) is 0 Å². The summed E-state index contributed by atoms with van der Waals surface area (Å²) in [6, 6.07) is 8.80. The molecule has 1 N–H and O–H groups in total. The van der Waals surface area contributed by atoms with Crippen LogP contribution in [0.4, 0.5) is 5.69 Å². The Morgan fingerprint density at radius 1 is 1.47 bits per heavy atom. The van der Waals surface area contributed by atoms with Crippen molar-refractivity contribution in [1.82, 2.24) is 5.32 Å². The van der Waals surface area contributed by atoms with Crippen molar-refractivity contribution in [2.75, 3.05) is 11.9 Å². The highest BCUT2D eigenvalue weighted by molar-refractivity contribution is 5.95. The molecular formula is C14H20N2O. The molecule has 1 heterocycles. The molecule has 2 atom stereocenters. The first-order chi connectivity index (χ1) is 8.19. The van der Waals surface area contributed by atoms with Crippen molar-refractivity contribution in [3.63, 3.8) is 0 Å². The summed E-state index contributed by atoms with van der Waals surface area (Å²) in [6.45, 7) is 4.04. The molecule has 1 aliphatic heterocycles. The first-order valence-corrected chi connectivity index (χ1v) is 6.27. The number of nitrogens with one attached hydrogen (secondary N) is 1. The number of anilines is 1. The Morgan fingerprint density at radius 3 is 2.82 bits per heavy atom. The topological polar surface area (TPSA) is 32.3 Å². The largest absolute Gasteiger partial charge is 0.313 e. The highest BCUT2D eigenvalue weighted by atomic mass is 16.2. The number of rotatable bonds is 2. The second-order valence-electron chi connectivity index (χ2n) is 4.60. The molecule has 1 aromatic carbocycles. The molecule has 2 unspecified atom stereocenters. The normalized spacial score (nSPS) is 23.4. The van der Waals surface area contributed by atoms with Gasteiger partial charge in [-0.25, -0.2) is 0 Å². The van der Waals surface area contributed by atoms with Gasteiger partial charge in [-0.05, 0) is 32.0 Å². The van der Waals surface area contributed by atoms with Crippen LogP contribution >= 0.6 is 0 Å². The third kappa shape index (κ3) is 2.07. The predicted molar refractivity (Wildman–Crippen MR) is 70.1 cm³/mol. The number of carbonyl (C=O) groups is 1. The van der Waals surface area contributed by atoms with Gasteiger partial charge in [0.15, 0.2) is 0 Å². The number of fused-ring (bicyclic) bond motifs is 1. The van der Waals surface area contributed by atoms with Gasteiger partial charge in [0, 0.05) is 24.2 Å². The monoisotopic (exact) mass is 232 g/mol. The van der Waals surface area contributed by atoms with Crippen LogP contribution < -0.4 is 10.2 Å². The van der Waals surface area contributed by atoms with Crippen molar-refractivity contribution in [2.45, 2.75) is 38.8 Å². The molecule has 0 saturated carbocycles. The molecule has 0 aliphatic carbocycles. The minimum Gasteiger partial charge on any atom is -0.313 e. The predicted octanol–water partition coefficient (Wildman–Crippen LogP) is 2.48. The minimum atomic E-state index is 0.208. The Kier molecular flexibility index (Phi) is 3.48. The summed E-state index contributed by atoms with van der Waals surface area (Å²) in [4.78, 5) is 14.0. The number of hydrogen-bond acceptors (Lipinski definition) is 2. The van der Waals surface area contributed by atoms with Gasteiger partial charge < -0.3 is 10.2 Å². The lowest BCUT2D eigenvalue weighted by Gasteiger charge is -2.39. The van der Waals surface area contributed by atoms with Gasteiger partial charge in [0.1, 0.15) is 0 Å². The zero-order valence-electron chi connectivity index (χ0n) is 10.7. The average Bonchev–Trinajstić information content (AvgIpc) is 2.37. The first kappa shape index (κ1) is 12.1. The molecule has 0 bridgehead atoms. The lowest BCUT2D eigenvalue weighted by atomic mass is 9.91. The van der Waals surface area contributed by atoms with Gasteiger partial charge >= 0.3 is 0 Å². The van der Waals surface area contributed by atoms with Crippen LogP contribution in [0.2, 0.25) is 0 Å². The van der Waals surface area contributed by atoms with Gasteiger partial charge in [-0.1, -0.05) is 25.1 Å². The van der Waals surface area contributed by atoms with E-state index in [2.05, 4.69) is 18.3 Å². The van der Waals surface area contributed by atoms with Crippen LogP contribution in [0.25, 0.3) is 0 Å². The van der Waals surface area contributed by atoms with E-state index in [0.29, 0.717) is 12.5 Å². The Hall–Kier alpha value is -1.35. The fourth-order valence-electron chi connectivity index (χ4n) is 2.64. The van der Waals surface area contributed by atoms with Gasteiger partial charge in [-0.15, -0.1) is 0 Å². The number of hydrogen-bond donors (Lipinski definition) is 1. The van der Waals surface area contributed by atoms with Crippen molar-refractivity contribution < 1.29 is 4.79 Å². The quantitative estimate of drug-likeness (QED) is 0.849. The fraction of sp³-hybridized carbons (Fsp3) is 0.500. The van der Waals surface area contributed by atoms with E-state index in [1.165, 1.54) is 5.56 Å². The number of amides is 1. The van der Waals surface area contributed by atoms with Crippen molar-refractivity contribution in [2.24, 2.45) is 0 Å². The number of nitrogens with zero attached hydrogens (tertiary/aromatic N) is 1. The van der Waals surface area contributed by atoms with Crippen molar-refractivity contribution in [3.8, 4) is 0 Å². The Bertz CT molecular complexity index is 416. The summed E-state index contributed by atoms with van der Waals surface area (Å²) < 4.78 is 0. The van der Waals surface area contributed by atoms with Gasteiger partial charge in [0.05, 0.1) is 0 Å². The molecule has 3 nitrogen and oxygen atoms in total. The molecular weight excluding hydrogens is 212 g/mol. The molecule has 0 aromatic heterocycles. The third-order valence-corrected chi connectivity index (χ3v) is 3.51. The van der Waals surface area contributed by atoms with Crippen molar-refractivity contribution >= 4 is 11.6 Å². The standard InChI is InChI=1S/C14H20N2O/c1-4-14(17)16-10(2)9-12(15-3)11-7-5-6-8-13(11)16/h5-8,10,12,15H,4,9H2,1-3H3. The van der Waals surface area contributed by atoms with Crippen LogP contribution in [-0.4, -0.2) is 19.0 Å². The van der Waals surface area contributed by atoms with E-state index < -0.39 is 0 Å². The van der Waals surface area contributed by atoms with Gasteiger partial charge in [-0.2, -0.15) is 0 Å². The molecule has 1 aliphatic rings. The maximum absolute atomic E-state index is 12.0. The van der Waals surface area contributed by atoms with Crippen molar-refractivity contribution in [1.29, 1.82) is 0 Å². The minimum absolute atomic E-state index is 0.208. The molecule has 17 heavy (non-hydrogen) atoms.